The third-order valence-electron chi connectivity index (χ3n) is 4.00. The molecule has 2 bridgehead atoms. The van der Waals surface area contributed by atoms with Crippen molar-refractivity contribution in [3.05, 3.63) is 29.8 Å². The normalized spacial score (nSPS) is 31.6. The minimum absolute atomic E-state index is 0.0953. The summed E-state index contributed by atoms with van der Waals surface area (Å²) in [4.78, 5) is 0. The molecule has 1 aromatic carbocycles. The van der Waals surface area contributed by atoms with Crippen molar-refractivity contribution in [1.82, 2.24) is 0 Å². The van der Waals surface area contributed by atoms with E-state index in [2.05, 4.69) is 6.07 Å². The van der Waals surface area contributed by atoms with Gasteiger partial charge in [0.1, 0.15) is 5.75 Å². The van der Waals surface area contributed by atoms with E-state index in [-0.39, 0.29) is 6.10 Å². The molecule has 19 heavy (non-hydrogen) atoms. The van der Waals surface area contributed by atoms with Crippen LogP contribution in [0.1, 0.15) is 18.4 Å². The number of fused-ring (bicyclic) bond motifs is 1. The third kappa shape index (κ3) is 2.32. The van der Waals surface area contributed by atoms with E-state index in [0.29, 0.717) is 19.1 Å². The molecule has 0 N–H and O–H groups in total. The number of benzene rings is 1. The number of nitrogens with zero attached hydrogens (tertiary/aromatic N) is 1. The summed E-state index contributed by atoms with van der Waals surface area (Å²) in [6.07, 6.45) is 1.85. The van der Waals surface area contributed by atoms with Crippen LogP contribution in [0.15, 0.2) is 24.3 Å². The predicted molar refractivity (Wildman–Crippen MR) is 68.6 cm³/mol. The molecule has 100 valence electrons. The summed E-state index contributed by atoms with van der Waals surface area (Å²) >= 11 is 0. The summed E-state index contributed by atoms with van der Waals surface area (Å²) in [7, 11) is 1.65. The highest BCUT2D eigenvalue weighted by atomic mass is 16.6. The Bertz CT molecular complexity index is 485. The fourth-order valence-corrected chi connectivity index (χ4v) is 2.83. The third-order valence-corrected chi connectivity index (χ3v) is 4.00. The van der Waals surface area contributed by atoms with Gasteiger partial charge < -0.3 is 14.2 Å². The van der Waals surface area contributed by atoms with Gasteiger partial charge in [0.25, 0.3) is 0 Å². The van der Waals surface area contributed by atoms with Crippen LogP contribution in [0.3, 0.4) is 0 Å². The first-order valence-electron chi connectivity index (χ1n) is 6.54. The van der Waals surface area contributed by atoms with Crippen molar-refractivity contribution >= 4 is 0 Å². The van der Waals surface area contributed by atoms with E-state index in [0.717, 1.165) is 24.2 Å². The highest BCUT2D eigenvalue weighted by Gasteiger charge is 2.58. The Morgan fingerprint density at radius 3 is 2.68 bits per heavy atom. The average molecular weight is 259 g/mol. The summed E-state index contributed by atoms with van der Waals surface area (Å²) in [6.45, 7) is 1.14. The van der Waals surface area contributed by atoms with E-state index in [1.165, 1.54) is 0 Å². The summed E-state index contributed by atoms with van der Waals surface area (Å²) in [6, 6.07) is 10.1. The molecule has 4 nitrogen and oxygen atoms in total. The van der Waals surface area contributed by atoms with Crippen molar-refractivity contribution in [2.75, 3.05) is 13.7 Å². The minimum atomic E-state index is -0.487. The molecule has 2 aliphatic heterocycles. The van der Waals surface area contributed by atoms with Crippen LogP contribution in [-0.4, -0.2) is 25.4 Å². The van der Waals surface area contributed by atoms with Crippen LogP contribution >= 0.6 is 0 Å². The molecule has 1 aliphatic carbocycles. The van der Waals surface area contributed by atoms with E-state index >= 15 is 0 Å². The van der Waals surface area contributed by atoms with Gasteiger partial charge in [0.05, 0.1) is 32.5 Å². The Morgan fingerprint density at radius 2 is 2.11 bits per heavy atom. The first-order valence-corrected chi connectivity index (χ1v) is 6.54. The van der Waals surface area contributed by atoms with Crippen molar-refractivity contribution in [1.29, 1.82) is 5.26 Å². The second kappa shape index (κ2) is 4.84. The van der Waals surface area contributed by atoms with Crippen LogP contribution < -0.4 is 4.74 Å². The number of rotatable bonds is 5. The maximum Gasteiger partial charge on any atom is 0.155 e. The summed E-state index contributed by atoms with van der Waals surface area (Å²) < 4.78 is 16.5. The Hall–Kier alpha value is -1.57. The van der Waals surface area contributed by atoms with E-state index < -0.39 is 5.60 Å². The molecule has 1 atom stereocenters. The van der Waals surface area contributed by atoms with E-state index in [9.17, 15) is 0 Å². The van der Waals surface area contributed by atoms with Crippen molar-refractivity contribution < 1.29 is 14.2 Å². The fraction of sp³-hybridized carbons (Fsp3) is 0.533. The predicted octanol–water partition coefficient (Wildman–Crippen LogP) is 2.28. The largest absolute Gasteiger partial charge is 0.497 e. The smallest absolute Gasteiger partial charge is 0.155 e. The minimum Gasteiger partial charge on any atom is -0.497 e. The lowest BCUT2D eigenvalue weighted by molar-refractivity contribution is -0.0216. The molecule has 0 spiro atoms. The highest BCUT2D eigenvalue weighted by Crippen LogP contribution is 2.51. The van der Waals surface area contributed by atoms with Crippen molar-refractivity contribution in [3.8, 4) is 11.8 Å². The number of methoxy groups -OCH3 is 1. The molecule has 0 amide bonds. The quantitative estimate of drug-likeness (QED) is 0.814. The van der Waals surface area contributed by atoms with Crippen molar-refractivity contribution in [2.45, 2.75) is 31.2 Å². The summed E-state index contributed by atoms with van der Waals surface area (Å²) in [5, 5.41) is 9.01. The first kappa shape index (κ1) is 12.5. The lowest BCUT2D eigenvalue weighted by atomic mass is 9.73. The molecule has 2 heterocycles. The lowest BCUT2D eigenvalue weighted by Gasteiger charge is -2.28. The van der Waals surface area contributed by atoms with Gasteiger partial charge >= 0.3 is 0 Å². The molecule has 4 rings (SSSR count). The monoisotopic (exact) mass is 259 g/mol. The fourth-order valence-electron chi connectivity index (χ4n) is 2.83. The van der Waals surface area contributed by atoms with Crippen molar-refractivity contribution in [3.63, 3.8) is 0 Å². The van der Waals surface area contributed by atoms with Gasteiger partial charge in [-0.1, -0.05) is 12.1 Å². The van der Waals surface area contributed by atoms with Gasteiger partial charge in [0.2, 0.25) is 0 Å². The second-order valence-electron chi connectivity index (χ2n) is 5.29. The standard InChI is InChI=1S/C15H17NO3/c1-17-13-4-2-11(3-5-13)8-18-9-14-12-6-15(7-12,10-16)19-14/h2-5,12,14H,6-9H2,1H3. The molecule has 1 aromatic rings. The number of nitriles is 1. The molecule has 3 fully saturated rings. The molecule has 1 saturated carbocycles. The molecule has 1 unspecified atom stereocenters. The van der Waals surface area contributed by atoms with E-state index in [1.54, 1.807) is 7.11 Å². The molecule has 0 radical (unpaired) electrons. The van der Waals surface area contributed by atoms with Gasteiger partial charge in [-0.25, -0.2) is 0 Å². The average Bonchev–Trinajstić information content (AvgIpc) is 2.94. The maximum absolute atomic E-state index is 9.01. The summed E-state index contributed by atoms with van der Waals surface area (Å²) in [5.74, 6) is 1.36. The first-order chi connectivity index (χ1) is 9.24. The van der Waals surface area contributed by atoms with Crippen LogP contribution in [-0.2, 0) is 16.1 Å². The van der Waals surface area contributed by atoms with Crippen LogP contribution in [0.25, 0.3) is 0 Å². The number of hydrogen-bond donors (Lipinski definition) is 0. The molecule has 2 saturated heterocycles. The summed E-state index contributed by atoms with van der Waals surface area (Å²) in [5.41, 5.74) is 0.625. The van der Waals surface area contributed by atoms with Crippen molar-refractivity contribution in [2.24, 2.45) is 5.92 Å². The zero-order valence-corrected chi connectivity index (χ0v) is 11.0. The van der Waals surface area contributed by atoms with Crippen LogP contribution in [0.5, 0.6) is 5.75 Å². The van der Waals surface area contributed by atoms with Crippen LogP contribution in [0.2, 0.25) is 0 Å². The van der Waals surface area contributed by atoms with Crippen LogP contribution in [0.4, 0.5) is 0 Å². The topological polar surface area (TPSA) is 51.5 Å². The highest BCUT2D eigenvalue weighted by molar-refractivity contribution is 5.26. The lowest BCUT2D eigenvalue weighted by Crippen LogP contribution is -2.34. The second-order valence-corrected chi connectivity index (χ2v) is 5.29. The Morgan fingerprint density at radius 1 is 1.37 bits per heavy atom. The zero-order chi connectivity index (χ0) is 13.3. The van der Waals surface area contributed by atoms with Gasteiger partial charge in [-0.3, -0.25) is 0 Å². The van der Waals surface area contributed by atoms with Gasteiger partial charge in [0.15, 0.2) is 5.60 Å². The van der Waals surface area contributed by atoms with Gasteiger partial charge in [0, 0.05) is 0 Å². The van der Waals surface area contributed by atoms with E-state index in [1.807, 2.05) is 24.3 Å². The maximum atomic E-state index is 9.01. The molecular formula is C15H17NO3. The van der Waals surface area contributed by atoms with Crippen LogP contribution in [0, 0.1) is 17.2 Å². The Labute approximate surface area is 112 Å². The number of hydrogen-bond acceptors (Lipinski definition) is 4. The molecule has 0 aromatic heterocycles. The molecule has 4 heteroatoms. The zero-order valence-electron chi connectivity index (χ0n) is 11.0. The van der Waals surface area contributed by atoms with E-state index in [4.69, 9.17) is 19.5 Å². The van der Waals surface area contributed by atoms with Gasteiger partial charge in [-0.05, 0) is 36.5 Å². The Balaban J connectivity index is 1.45. The number of ether oxygens (including phenoxy) is 3. The van der Waals surface area contributed by atoms with Gasteiger partial charge in [-0.2, -0.15) is 5.26 Å². The SMILES string of the molecule is COc1ccc(COCC2OC3(C#N)CC2C3)cc1. The molecule has 3 aliphatic rings. The Kier molecular flexibility index (Phi) is 3.17. The van der Waals surface area contributed by atoms with Gasteiger partial charge in [-0.15, -0.1) is 0 Å². The molecular weight excluding hydrogens is 242 g/mol.